The minimum absolute atomic E-state index is 0.195. The fourth-order valence-corrected chi connectivity index (χ4v) is 5.68. The van der Waals surface area contributed by atoms with E-state index in [1.165, 1.54) is 0 Å². The summed E-state index contributed by atoms with van der Waals surface area (Å²) in [6, 6.07) is -0.195. The number of hydrogen-bond acceptors (Lipinski definition) is 6. The molecule has 0 aromatic heterocycles. The number of primary amides is 1. The summed E-state index contributed by atoms with van der Waals surface area (Å²) in [7, 11) is 0. The summed E-state index contributed by atoms with van der Waals surface area (Å²) in [5, 5.41) is 9.83. The van der Waals surface area contributed by atoms with E-state index in [0.717, 1.165) is 0 Å². The summed E-state index contributed by atoms with van der Waals surface area (Å²) < 4.78 is 5.16. The van der Waals surface area contributed by atoms with Gasteiger partial charge in [-0.15, -0.1) is 0 Å². The third-order valence-corrected chi connectivity index (χ3v) is 9.75. The van der Waals surface area contributed by atoms with Crippen molar-refractivity contribution in [3.63, 3.8) is 0 Å². The lowest BCUT2D eigenvalue weighted by molar-refractivity contribution is -0.158. The van der Waals surface area contributed by atoms with Crippen molar-refractivity contribution in [3.8, 4) is 0 Å². The van der Waals surface area contributed by atoms with Gasteiger partial charge >= 0.3 is 17.9 Å². The van der Waals surface area contributed by atoms with Crippen LogP contribution in [0.3, 0.4) is 0 Å². The average molecular weight is 497 g/mol. The van der Waals surface area contributed by atoms with Crippen molar-refractivity contribution in [2.45, 2.75) is 95.0 Å². The Hall–Kier alpha value is -1.96. The molecular weight excluding hydrogens is 448 g/mol. The van der Waals surface area contributed by atoms with E-state index in [1.54, 1.807) is 13.8 Å². The first-order valence-electron chi connectivity index (χ1n) is 12.6. The molecular formula is C27H48N2O6. The van der Waals surface area contributed by atoms with Crippen LogP contribution in [-0.2, 0) is 23.9 Å². The van der Waals surface area contributed by atoms with E-state index in [1.807, 2.05) is 62.3 Å². The van der Waals surface area contributed by atoms with Crippen LogP contribution in [0.4, 0.5) is 0 Å². The Balaban J connectivity index is 3.49. The smallest absolute Gasteiger partial charge is 0.318 e. The summed E-state index contributed by atoms with van der Waals surface area (Å²) in [6.45, 7) is 21.2. The topological polar surface area (TPSA) is 150 Å². The highest BCUT2D eigenvalue weighted by Crippen LogP contribution is 2.60. The summed E-state index contributed by atoms with van der Waals surface area (Å²) in [5.74, 6) is -6.25. The van der Waals surface area contributed by atoms with Crippen LogP contribution in [0.2, 0.25) is 0 Å². The van der Waals surface area contributed by atoms with E-state index >= 15 is 0 Å². The molecule has 5 N–H and O–H groups in total. The summed E-state index contributed by atoms with van der Waals surface area (Å²) >= 11 is 0. The molecule has 1 rings (SSSR count). The fraction of sp³-hybridized carbons (Fsp3) is 0.852. The lowest BCUT2D eigenvalue weighted by Crippen LogP contribution is -2.53. The monoisotopic (exact) mass is 496 g/mol. The normalized spacial score (nSPS) is 22.7. The van der Waals surface area contributed by atoms with Gasteiger partial charge in [0.25, 0.3) is 0 Å². The van der Waals surface area contributed by atoms with Crippen LogP contribution in [0.15, 0.2) is 0 Å². The largest absolute Gasteiger partial charge is 0.481 e. The number of carboxylic acids is 1. The SMILES string of the molecule is CC(C)C(C(=O)O)C(CC(C)(C)C(C)(C)C(C)(C)C1C(=O)OC(=O)C1CC(C)(C)C(C)N)C(N)=O. The molecule has 5 unspecified atom stereocenters. The number of rotatable bonds is 12. The Morgan fingerprint density at radius 3 is 1.83 bits per heavy atom. The molecule has 0 bridgehead atoms. The minimum atomic E-state index is -1.06. The summed E-state index contributed by atoms with van der Waals surface area (Å²) in [5.41, 5.74) is 9.47. The molecule has 202 valence electrons. The second-order valence-electron chi connectivity index (χ2n) is 13.4. The predicted molar refractivity (Wildman–Crippen MR) is 135 cm³/mol. The van der Waals surface area contributed by atoms with Gasteiger partial charge in [-0.1, -0.05) is 69.2 Å². The van der Waals surface area contributed by atoms with Crippen molar-refractivity contribution in [3.05, 3.63) is 0 Å². The van der Waals surface area contributed by atoms with Gasteiger partial charge in [0, 0.05) is 6.04 Å². The van der Waals surface area contributed by atoms with E-state index in [-0.39, 0.29) is 18.4 Å². The number of carboxylic acid groups (broad SMARTS) is 1. The predicted octanol–water partition coefficient (Wildman–Crippen LogP) is 3.99. The lowest BCUT2D eigenvalue weighted by Gasteiger charge is -2.55. The van der Waals surface area contributed by atoms with Crippen LogP contribution in [0.5, 0.6) is 0 Å². The number of carbonyl (C=O) groups is 4. The van der Waals surface area contributed by atoms with Gasteiger partial charge in [-0.25, -0.2) is 0 Å². The van der Waals surface area contributed by atoms with Crippen molar-refractivity contribution >= 4 is 23.8 Å². The molecule has 35 heavy (non-hydrogen) atoms. The van der Waals surface area contributed by atoms with E-state index in [2.05, 4.69) is 0 Å². The Bertz CT molecular complexity index is 841. The molecule has 5 atom stereocenters. The Kier molecular flexibility index (Phi) is 9.05. The molecule has 0 saturated carbocycles. The Morgan fingerprint density at radius 1 is 0.971 bits per heavy atom. The van der Waals surface area contributed by atoms with Gasteiger partial charge in [-0.3, -0.25) is 19.2 Å². The first-order chi connectivity index (χ1) is 15.5. The molecule has 1 amide bonds. The van der Waals surface area contributed by atoms with Gasteiger partial charge in [0.15, 0.2) is 0 Å². The number of carbonyl (C=O) groups excluding carboxylic acids is 3. The highest BCUT2D eigenvalue weighted by atomic mass is 16.6. The van der Waals surface area contributed by atoms with E-state index in [4.69, 9.17) is 16.2 Å². The second kappa shape index (κ2) is 10.2. The van der Waals surface area contributed by atoms with Crippen molar-refractivity contribution in [1.29, 1.82) is 0 Å². The number of aliphatic carboxylic acids is 1. The van der Waals surface area contributed by atoms with E-state index in [0.29, 0.717) is 6.42 Å². The fourth-order valence-electron chi connectivity index (χ4n) is 5.68. The highest BCUT2D eigenvalue weighted by molar-refractivity contribution is 5.97. The molecule has 0 aromatic rings. The molecule has 0 spiro atoms. The number of esters is 2. The van der Waals surface area contributed by atoms with Crippen LogP contribution in [0.25, 0.3) is 0 Å². The quantitative estimate of drug-likeness (QED) is 0.273. The molecule has 8 heteroatoms. The molecule has 1 aliphatic rings. The third-order valence-electron chi connectivity index (χ3n) is 9.75. The molecule has 0 aromatic carbocycles. The van der Waals surface area contributed by atoms with Gasteiger partial charge in [0.05, 0.1) is 23.7 Å². The van der Waals surface area contributed by atoms with Gasteiger partial charge < -0.3 is 21.3 Å². The molecule has 1 saturated heterocycles. The zero-order chi connectivity index (χ0) is 27.9. The number of nitrogens with two attached hydrogens (primary N) is 2. The third kappa shape index (κ3) is 5.89. The number of hydrogen-bond donors (Lipinski definition) is 3. The van der Waals surface area contributed by atoms with Crippen LogP contribution in [0, 0.1) is 51.2 Å². The molecule has 1 heterocycles. The number of amides is 1. The van der Waals surface area contributed by atoms with Crippen LogP contribution >= 0.6 is 0 Å². The van der Waals surface area contributed by atoms with Crippen LogP contribution < -0.4 is 11.5 Å². The Labute approximate surface area is 210 Å². The Morgan fingerprint density at radius 2 is 1.46 bits per heavy atom. The van der Waals surface area contributed by atoms with Gasteiger partial charge in [-0.05, 0) is 47.3 Å². The molecule has 8 nitrogen and oxygen atoms in total. The molecule has 1 aliphatic heterocycles. The second-order valence-corrected chi connectivity index (χ2v) is 13.4. The van der Waals surface area contributed by atoms with Gasteiger partial charge in [0.1, 0.15) is 0 Å². The number of cyclic esters (lactones) is 2. The van der Waals surface area contributed by atoms with E-state index in [9.17, 15) is 24.3 Å². The van der Waals surface area contributed by atoms with Gasteiger partial charge in [-0.2, -0.15) is 0 Å². The van der Waals surface area contributed by atoms with Crippen LogP contribution in [0.1, 0.15) is 89.0 Å². The lowest BCUT2D eigenvalue weighted by atomic mass is 9.47. The number of ether oxygens (including phenoxy) is 1. The van der Waals surface area contributed by atoms with Crippen molar-refractivity contribution in [2.75, 3.05) is 0 Å². The van der Waals surface area contributed by atoms with Crippen LogP contribution in [-0.4, -0.2) is 35.0 Å². The van der Waals surface area contributed by atoms with Gasteiger partial charge in [0.2, 0.25) is 5.91 Å². The average Bonchev–Trinajstić information content (AvgIpc) is 2.92. The summed E-state index contributed by atoms with van der Waals surface area (Å²) in [4.78, 5) is 50.4. The molecule has 1 fully saturated rings. The van der Waals surface area contributed by atoms with E-state index < -0.39 is 69.1 Å². The maximum absolute atomic E-state index is 13.1. The van der Waals surface area contributed by atoms with Crippen molar-refractivity contribution in [2.24, 2.45) is 62.7 Å². The first kappa shape index (κ1) is 31.1. The zero-order valence-corrected chi connectivity index (χ0v) is 23.5. The van der Waals surface area contributed by atoms with Crippen molar-refractivity contribution < 1.29 is 29.0 Å². The standard InChI is InChI=1S/C27H48N2O6/c1-14(2)18(21(31)32)16(20(29)30)13-25(6,7)27(10,11)26(8,9)19-17(22(33)35-23(19)34)12-24(4,5)15(3)28/h14-19H,12-13,28H2,1-11H3,(H2,29,30)(H,31,32). The highest BCUT2D eigenvalue weighted by Gasteiger charge is 2.61. The first-order valence-corrected chi connectivity index (χ1v) is 12.6. The maximum Gasteiger partial charge on any atom is 0.318 e. The molecule has 0 aliphatic carbocycles. The summed E-state index contributed by atoms with van der Waals surface area (Å²) in [6.07, 6.45) is 0.623. The maximum atomic E-state index is 13.1. The molecule has 0 radical (unpaired) electrons. The minimum Gasteiger partial charge on any atom is -0.481 e. The zero-order valence-electron chi connectivity index (χ0n) is 23.5. The van der Waals surface area contributed by atoms with Crippen molar-refractivity contribution in [1.82, 2.24) is 0 Å².